The molecule has 3 atom stereocenters. The van der Waals surface area contributed by atoms with E-state index in [4.69, 9.17) is 4.74 Å². The van der Waals surface area contributed by atoms with Crippen molar-refractivity contribution in [2.24, 2.45) is 5.92 Å². The Morgan fingerprint density at radius 2 is 1.89 bits per heavy atom. The summed E-state index contributed by atoms with van der Waals surface area (Å²) < 4.78 is 6.05. The van der Waals surface area contributed by atoms with Crippen molar-refractivity contribution in [1.29, 1.82) is 0 Å². The molecule has 2 aromatic carbocycles. The Morgan fingerprint density at radius 1 is 1.07 bits per heavy atom. The minimum absolute atomic E-state index is 0.0230. The fraction of sp³-hybridized carbons (Fsp3) is 0.435. The molecular formula is C23H26N2O3. The van der Waals surface area contributed by atoms with E-state index in [1.807, 2.05) is 36.4 Å². The number of nitrogens with zero attached hydrogens (tertiary/aromatic N) is 1. The molecule has 2 aromatic rings. The van der Waals surface area contributed by atoms with Crippen LogP contribution in [0.3, 0.4) is 0 Å². The fourth-order valence-corrected chi connectivity index (χ4v) is 4.52. The number of benzene rings is 2. The van der Waals surface area contributed by atoms with Crippen molar-refractivity contribution >= 4 is 5.91 Å². The Labute approximate surface area is 165 Å². The first-order valence-electron chi connectivity index (χ1n) is 10.2. The van der Waals surface area contributed by atoms with Crippen LogP contribution >= 0.6 is 0 Å². The largest absolute Gasteiger partial charge is 0.508 e. The van der Waals surface area contributed by atoms with Gasteiger partial charge < -0.3 is 15.2 Å². The lowest BCUT2D eigenvalue weighted by Crippen LogP contribution is -2.47. The molecule has 146 valence electrons. The van der Waals surface area contributed by atoms with Crippen LogP contribution in [0.5, 0.6) is 5.75 Å². The van der Waals surface area contributed by atoms with Gasteiger partial charge in [-0.3, -0.25) is 9.69 Å². The summed E-state index contributed by atoms with van der Waals surface area (Å²) in [5, 5.41) is 12.7. The van der Waals surface area contributed by atoms with E-state index in [0.29, 0.717) is 17.7 Å². The molecule has 2 saturated heterocycles. The molecule has 28 heavy (non-hydrogen) atoms. The van der Waals surface area contributed by atoms with Gasteiger partial charge >= 0.3 is 0 Å². The van der Waals surface area contributed by atoms with Crippen LogP contribution in [0, 0.1) is 5.92 Å². The molecule has 1 amide bonds. The molecule has 0 bridgehead atoms. The third kappa shape index (κ3) is 3.64. The van der Waals surface area contributed by atoms with Crippen LogP contribution in [-0.2, 0) is 4.74 Å². The number of ether oxygens (including phenoxy) is 1. The van der Waals surface area contributed by atoms with E-state index in [1.165, 1.54) is 12.8 Å². The second-order valence-electron chi connectivity index (χ2n) is 8.35. The highest BCUT2D eigenvalue weighted by atomic mass is 16.5. The zero-order valence-corrected chi connectivity index (χ0v) is 15.9. The molecule has 2 aliphatic heterocycles. The summed E-state index contributed by atoms with van der Waals surface area (Å²) in [5.74, 6) is 0.977. The van der Waals surface area contributed by atoms with E-state index in [2.05, 4.69) is 10.2 Å². The van der Waals surface area contributed by atoms with Gasteiger partial charge in [-0.05, 0) is 60.6 Å². The average molecular weight is 378 g/mol. The van der Waals surface area contributed by atoms with Crippen molar-refractivity contribution in [3.8, 4) is 16.9 Å². The van der Waals surface area contributed by atoms with E-state index in [-0.39, 0.29) is 17.7 Å². The number of phenolic OH excluding ortho intramolecular Hbond substituents is 1. The molecule has 0 aromatic heterocycles. The minimum Gasteiger partial charge on any atom is -0.508 e. The SMILES string of the molecule is O=C(N[C@H]1C[C@H]2CO[C@H](C3CC3)CN2C1)c1cccc(-c2ccc(O)cc2)c1. The molecule has 2 heterocycles. The van der Waals surface area contributed by atoms with Gasteiger partial charge in [0.25, 0.3) is 5.91 Å². The molecule has 5 heteroatoms. The van der Waals surface area contributed by atoms with E-state index in [9.17, 15) is 9.90 Å². The van der Waals surface area contributed by atoms with Crippen LogP contribution < -0.4 is 5.32 Å². The zero-order valence-electron chi connectivity index (χ0n) is 15.9. The number of hydrogen-bond donors (Lipinski definition) is 2. The molecule has 3 aliphatic rings. The number of hydrogen-bond acceptors (Lipinski definition) is 4. The number of aromatic hydroxyl groups is 1. The Morgan fingerprint density at radius 3 is 2.68 bits per heavy atom. The lowest BCUT2D eigenvalue weighted by Gasteiger charge is -2.35. The molecule has 5 rings (SSSR count). The van der Waals surface area contributed by atoms with Crippen LogP contribution in [-0.4, -0.2) is 53.8 Å². The first-order chi connectivity index (χ1) is 13.7. The third-order valence-electron chi connectivity index (χ3n) is 6.25. The topological polar surface area (TPSA) is 61.8 Å². The van der Waals surface area contributed by atoms with Gasteiger partial charge in [0.05, 0.1) is 12.7 Å². The van der Waals surface area contributed by atoms with E-state index in [0.717, 1.165) is 43.2 Å². The van der Waals surface area contributed by atoms with Gasteiger partial charge in [0.1, 0.15) is 5.75 Å². The highest BCUT2D eigenvalue weighted by molar-refractivity contribution is 5.95. The van der Waals surface area contributed by atoms with Crippen LogP contribution in [0.15, 0.2) is 48.5 Å². The highest BCUT2D eigenvalue weighted by Crippen LogP contribution is 2.38. The van der Waals surface area contributed by atoms with Crippen LogP contribution in [0.4, 0.5) is 0 Å². The zero-order chi connectivity index (χ0) is 19.1. The van der Waals surface area contributed by atoms with Gasteiger partial charge in [-0.2, -0.15) is 0 Å². The van der Waals surface area contributed by atoms with Crippen molar-refractivity contribution in [3.63, 3.8) is 0 Å². The summed E-state index contributed by atoms with van der Waals surface area (Å²) >= 11 is 0. The molecule has 1 aliphatic carbocycles. The smallest absolute Gasteiger partial charge is 0.251 e. The molecule has 3 fully saturated rings. The predicted molar refractivity (Wildman–Crippen MR) is 107 cm³/mol. The maximum Gasteiger partial charge on any atom is 0.251 e. The number of nitrogens with one attached hydrogen (secondary N) is 1. The van der Waals surface area contributed by atoms with Crippen LogP contribution in [0.1, 0.15) is 29.6 Å². The van der Waals surface area contributed by atoms with Gasteiger partial charge in [0.2, 0.25) is 0 Å². The summed E-state index contributed by atoms with van der Waals surface area (Å²) in [6.07, 6.45) is 3.97. The number of amides is 1. The summed E-state index contributed by atoms with van der Waals surface area (Å²) in [7, 11) is 0. The van der Waals surface area contributed by atoms with Crippen molar-refractivity contribution < 1.29 is 14.6 Å². The van der Waals surface area contributed by atoms with Crippen LogP contribution in [0.25, 0.3) is 11.1 Å². The second-order valence-corrected chi connectivity index (χ2v) is 8.35. The first kappa shape index (κ1) is 17.7. The number of morpholine rings is 1. The molecule has 1 saturated carbocycles. The summed E-state index contributed by atoms with van der Waals surface area (Å²) in [5.41, 5.74) is 2.62. The molecule has 0 spiro atoms. The summed E-state index contributed by atoms with van der Waals surface area (Å²) in [4.78, 5) is 15.3. The standard InChI is InChI=1S/C23H26N2O3/c26-21-8-6-15(7-9-21)17-2-1-3-18(10-17)23(27)24-19-11-20-14-28-22(16-4-5-16)13-25(20)12-19/h1-3,6-10,16,19-20,22,26H,4-5,11-14H2,(H,24,27)/t19-,20-,22-/m0/s1. The van der Waals surface area contributed by atoms with E-state index in [1.54, 1.807) is 12.1 Å². The van der Waals surface area contributed by atoms with Gasteiger partial charge in [-0.15, -0.1) is 0 Å². The Bertz CT molecular complexity index is 862. The van der Waals surface area contributed by atoms with Crippen molar-refractivity contribution in [1.82, 2.24) is 10.2 Å². The van der Waals surface area contributed by atoms with E-state index < -0.39 is 0 Å². The maximum absolute atomic E-state index is 12.8. The van der Waals surface area contributed by atoms with Gasteiger partial charge in [0, 0.05) is 30.7 Å². The predicted octanol–water partition coefficient (Wildman–Crippen LogP) is 3.04. The lowest BCUT2D eigenvalue weighted by molar-refractivity contribution is -0.0581. The van der Waals surface area contributed by atoms with Crippen molar-refractivity contribution in [3.05, 3.63) is 54.1 Å². The first-order valence-corrected chi connectivity index (χ1v) is 10.2. The number of carbonyl (C=O) groups excluding carboxylic acids is 1. The third-order valence-corrected chi connectivity index (χ3v) is 6.25. The minimum atomic E-state index is -0.0230. The number of phenols is 1. The Kier molecular flexibility index (Phi) is 4.57. The van der Waals surface area contributed by atoms with E-state index >= 15 is 0 Å². The normalized spacial score (nSPS) is 27.4. The maximum atomic E-state index is 12.8. The van der Waals surface area contributed by atoms with Crippen LogP contribution in [0.2, 0.25) is 0 Å². The molecule has 0 unspecified atom stereocenters. The molecular weight excluding hydrogens is 352 g/mol. The summed E-state index contributed by atoms with van der Waals surface area (Å²) in [6, 6.07) is 15.3. The molecule has 5 nitrogen and oxygen atoms in total. The van der Waals surface area contributed by atoms with Gasteiger partial charge in [0.15, 0.2) is 0 Å². The van der Waals surface area contributed by atoms with Gasteiger partial charge in [-0.25, -0.2) is 0 Å². The molecule has 0 radical (unpaired) electrons. The average Bonchev–Trinajstić information content (AvgIpc) is 3.48. The monoisotopic (exact) mass is 378 g/mol. The van der Waals surface area contributed by atoms with Crippen molar-refractivity contribution in [2.45, 2.75) is 37.5 Å². The second kappa shape index (κ2) is 7.22. The van der Waals surface area contributed by atoms with Crippen molar-refractivity contribution in [2.75, 3.05) is 19.7 Å². The Balaban J connectivity index is 1.23. The highest BCUT2D eigenvalue weighted by Gasteiger charge is 2.42. The quantitative estimate of drug-likeness (QED) is 0.859. The molecule has 2 N–H and O–H groups in total. The van der Waals surface area contributed by atoms with Gasteiger partial charge in [-0.1, -0.05) is 24.3 Å². The number of carbonyl (C=O) groups is 1. The Hall–Kier alpha value is -2.37. The number of fused-ring (bicyclic) bond motifs is 1. The lowest BCUT2D eigenvalue weighted by atomic mass is 10.0. The fourth-order valence-electron chi connectivity index (χ4n) is 4.52. The number of rotatable bonds is 4. The summed E-state index contributed by atoms with van der Waals surface area (Å²) in [6.45, 7) is 2.72.